The van der Waals surface area contributed by atoms with Crippen molar-refractivity contribution in [2.24, 2.45) is 0 Å². The third-order valence-corrected chi connectivity index (χ3v) is 4.72. The Morgan fingerprint density at radius 3 is 2.81 bits per heavy atom. The minimum Gasteiger partial charge on any atom is -0.355 e. The highest BCUT2D eigenvalue weighted by Crippen LogP contribution is 2.35. The molecule has 26 heavy (non-hydrogen) atoms. The molecule has 2 aliphatic heterocycles. The fourth-order valence-corrected chi connectivity index (χ4v) is 3.30. The summed E-state index contributed by atoms with van der Waals surface area (Å²) >= 11 is 0. The van der Waals surface area contributed by atoms with Gasteiger partial charge in [0.05, 0.1) is 0 Å². The van der Waals surface area contributed by atoms with Crippen molar-refractivity contribution in [2.45, 2.75) is 44.8 Å². The molecular formula is C19H21F2N3O2. The monoisotopic (exact) mass is 361 g/mol. The van der Waals surface area contributed by atoms with Crippen molar-refractivity contribution < 1.29 is 18.4 Å². The zero-order valence-electron chi connectivity index (χ0n) is 14.6. The molecule has 0 saturated carbocycles. The number of alkyl halides is 2. The Bertz CT molecular complexity index is 798. The molecule has 1 saturated heterocycles. The number of fused-ring (bicyclic) bond motifs is 1. The lowest BCUT2D eigenvalue weighted by Crippen LogP contribution is -2.47. The van der Waals surface area contributed by atoms with E-state index >= 15 is 0 Å². The van der Waals surface area contributed by atoms with Gasteiger partial charge in [-0.2, -0.15) is 8.78 Å². The van der Waals surface area contributed by atoms with Crippen molar-refractivity contribution in [1.82, 2.24) is 15.5 Å². The molecule has 3 rings (SSSR count). The van der Waals surface area contributed by atoms with Crippen LogP contribution in [0, 0.1) is 0 Å². The minimum absolute atomic E-state index is 0.0196. The van der Waals surface area contributed by atoms with Gasteiger partial charge in [-0.1, -0.05) is 31.4 Å². The van der Waals surface area contributed by atoms with Gasteiger partial charge in [0.2, 0.25) is 5.91 Å². The minimum atomic E-state index is -3.40. The number of allylic oxidation sites excluding steroid dienone is 1. The third kappa shape index (κ3) is 3.47. The van der Waals surface area contributed by atoms with E-state index in [4.69, 9.17) is 0 Å². The predicted octanol–water partition coefficient (Wildman–Crippen LogP) is 2.54. The highest BCUT2D eigenvalue weighted by atomic mass is 19.3. The average Bonchev–Trinajstić information content (AvgIpc) is 2.88. The lowest BCUT2D eigenvalue weighted by molar-refractivity contribution is -0.143. The Kier molecular flexibility index (Phi) is 4.56. The molecule has 0 spiro atoms. The second kappa shape index (κ2) is 6.55. The van der Waals surface area contributed by atoms with Gasteiger partial charge in [-0.15, -0.1) is 0 Å². The fraction of sp³-hybridized carbons (Fsp3) is 0.368. The van der Waals surface area contributed by atoms with Gasteiger partial charge in [0.25, 0.3) is 5.91 Å². The first kappa shape index (κ1) is 18.1. The number of hydrogen-bond donors (Lipinski definition) is 2. The van der Waals surface area contributed by atoms with Crippen LogP contribution in [0.4, 0.5) is 8.78 Å². The number of nitrogens with zero attached hydrogens (tertiary/aromatic N) is 1. The quantitative estimate of drug-likeness (QED) is 0.866. The number of halogens is 2. The van der Waals surface area contributed by atoms with Crippen LogP contribution in [0.25, 0.3) is 5.70 Å². The predicted molar refractivity (Wildman–Crippen MR) is 93.8 cm³/mol. The Hall–Kier alpha value is -2.70. The van der Waals surface area contributed by atoms with Crippen molar-refractivity contribution in [3.8, 4) is 0 Å². The summed E-state index contributed by atoms with van der Waals surface area (Å²) in [6.07, 6.45) is 1.39. The third-order valence-electron chi connectivity index (χ3n) is 4.72. The number of amides is 2. The molecule has 0 aliphatic carbocycles. The van der Waals surface area contributed by atoms with Crippen LogP contribution in [0.5, 0.6) is 0 Å². The molecule has 1 aromatic rings. The first-order valence-corrected chi connectivity index (χ1v) is 8.39. The molecule has 2 amide bonds. The van der Waals surface area contributed by atoms with Gasteiger partial charge in [0, 0.05) is 37.0 Å². The zero-order chi connectivity index (χ0) is 19.1. The standard InChI is InChI=1S/C19H21F2N3O2/c1-11-4-7-16(17(25)23-11)24-10-14-8-13(5-6-15(14)12(24)2)9-22-18(26)19(3,20)21/h5-6,8,16H,1-2,4,7,9-10H2,3H3,(H,22,26)(H,23,25). The summed E-state index contributed by atoms with van der Waals surface area (Å²) in [7, 11) is 0. The van der Waals surface area contributed by atoms with E-state index in [1.165, 1.54) is 0 Å². The fourth-order valence-electron chi connectivity index (χ4n) is 3.30. The van der Waals surface area contributed by atoms with Gasteiger partial charge < -0.3 is 15.5 Å². The van der Waals surface area contributed by atoms with E-state index in [1.54, 1.807) is 6.07 Å². The molecular weight excluding hydrogens is 340 g/mol. The molecule has 138 valence electrons. The van der Waals surface area contributed by atoms with Gasteiger partial charge in [-0.05, 0) is 24.0 Å². The van der Waals surface area contributed by atoms with Gasteiger partial charge in [0.1, 0.15) is 6.04 Å². The van der Waals surface area contributed by atoms with Crippen molar-refractivity contribution in [2.75, 3.05) is 0 Å². The lowest BCUT2D eigenvalue weighted by Gasteiger charge is -2.33. The summed E-state index contributed by atoms with van der Waals surface area (Å²) < 4.78 is 25.9. The Morgan fingerprint density at radius 1 is 1.42 bits per heavy atom. The van der Waals surface area contributed by atoms with Crippen LogP contribution in [0.2, 0.25) is 0 Å². The molecule has 0 radical (unpaired) electrons. The number of carbonyl (C=O) groups excluding carboxylic acids is 2. The van der Waals surface area contributed by atoms with E-state index in [0.717, 1.165) is 34.5 Å². The second-order valence-corrected chi connectivity index (χ2v) is 6.78. The molecule has 1 aromatic carbocycles. The number of benzene rings is 1. The van der Waals surface area contributed by atoms with Crippen molar-refractivity contribution >= 4 is 17.5 Å². The van der Waals surface area contributed by atoms with Crippen LogP contribution in [-0.4, -0.2) is 28.7 Å². The topological polar surface area (TPSA) is 61.4 Å². The van der Waals surface area contributed by atoms with E-state index in [2.05, 4.69) is 23.8 Å². The molecule has 2 N–H and O–H groups in total. The molecule has 2 heterocycles. The Labute approximate surface area is 150 Å². The normalized spacial score (nSPS) is 20.0. The van der Waals surface area contributed by atoms with Crippen LogP contribution < -0.4 is 10.6 Å². The van der Waals surface area contributed by atoms with E-state index in [9.17, 15) is 18.4 Å². The number of nitrogens with one attached hydrogen (secondary N) is 2. The SMILES string of the molecule is C=C1CCC(N2Cc3cc(CNC(=O)C(C)(F)F)ccc3C2=C)C(=O)N1. The van der Waals surface area contributed by atoms with Gasteiger partial charge in [-0.25, -0.2) is 0 Å². The van der Waals surface area contributed by atoms with Crippen molar-refractivity contribution in [3.63, 3.8) is 0 Å². The lowest BCUT2D eigenvalue weighted by atomic mass is 10.0. The van der Waals surface area contributed by atoms with E-state index in [-0.39, 0.29) is 18.5 Å². The molecule has 1 fully saturated rings. The van der Waals surface area contributed by atoms with E-state index in [0.29, 0.717) is 19.9 Å². The maximum atomic E-state index is 12.9. The second-order valence-electron chi connectivity index (χ2n) is 6.78. The van der Waals surface area contributed by atoms with Crippen LogP contribution in [-0.2, 0) is 22.7 Å². The molecule has 7 heteroatoms. The van der Waals surface area contributed by atoms with Crippen LogP contribution in [0.1, 0.15) is 36.5 Å². The summed E-state index contributed by atoms with van der Waals surface area (Å²) in [6.45, 7) is 8.99. The first-order valence-electron chi connectivity index (χ1n) is 8.39. The Morgan fingerprint density at radius 2 is 2.15 bits per heavy atom. The summed E-state index contributed by atoms with van der Waals surface area (Å²) in [6, 6.07) is 5.17. The Balaban J connectivity index is 1.71. The molecule has 2 aliphatic rings. The summed E-state index contributed by atoms with van der Waals surface area (Å²) in [5.41, 5.74) is 4.10. The summed E-state index contributed by atoms with van der Waals surface area (Å²) in [5.74, 6) is -4.80. The first-order chi connectivity index (χ1) is 12.2. The molecule has 5 nitrogen and oxygen atoms in total. The van der Waals surface area contributed by atoms with Crippen molar-refractivity contribution in [1.29, 1.82) is 0 Å². The molecule has 0 aromatic heterocycles. The van der Waals surface area contributed by atoms with E-state index < -0.39 is 11.8 Å². The maximum absolute atomic E-state index is 12.9. The number of rotatable bonds is 4. The number of piperidine rings is 1. The largest absolute Gasteiger partial charge is 0.355 e. The molecule has 1 atom stereocenters. The zero-order valence-corrected chi connectivity index (χ0v) is 14.6. The highest BCUT2D eigenvalue weighted by Gasteiger charge is 2.35. The number of hydrogen-bond acceptors (Lipinski definition) is 3. The average molecular weight is 361 g/mol. The molecule has 1 unspecified atom stereocenters. The number of carbonyl (C=O) groups is 2. The summed E-state index contributed by atoms with van der Waals surface area (Å²) in [4.78, 5) is 25.5. The van der Waals surface area contributed by atoms with Crippen LogP contribution >= 0.6 is 0 Å². The van der Waals surface area contributed by atoms with Gasteiger partial charge in [-0.3, -0.25) is 9.59 Å². The maximum Gasteiger partial charge on any atom is 0.321 e. The van der Waals surface area contributed by atoms with Gasteiger partial charge >= 0.3 is 5.92 Å². The van der Waals surface area contributed by atoms with E-state index in [1.807, 2.05) is 17.0 Å². The van der Waals surface area contributed by atoms with Crippen LogP contribution in [0.15, 0.2) is 37.1 Å². The van der Waals surface area contributed by atoms with Crippen molar-refractivity contribution in [3.05, 3.63) is 53.7 Å². The van der Waals surface area contributed by atoms with Gasteiger partial charge in [0.15, 0.2) is 0 Å². The smallest absolute Gasteiger partial charge is 0.321 e. The summed E-state index contributed by atoms with van der Waals surface area (Å²) in [5, 5.41) is 5.01. The molecule has 0 bridgehead atoms. The highest BCUT2D eigenvalue weighted by molar-refractivity contribution is 5.87. The van der Waals surface area contributed by atoms with Crippen LogP contribution in [0.3, 0.4) is 0 Å².